The van der Waals surface area contributed by atoms with Crippen LogP contribution in [0.2, 0.25) is 10.0 Å². The third kappa shape index (κ3) is 4.71. The van der Waals surface area contributed by atoms with E-state index < -0.39 is 5.97 Å². The molecule has 0 aliphatic rings. The highest BCUT2D eigenvalue weighted by molar-refractivity contribution is 6.42. The van der Waals surface area contributed by atoms with Gasteiger partial charge in [0.2, 0.25) is 0 Å². The summed E-state index contributed by atoms with van der Waals surface area (Å²) in [7, 11) is 1.50. The van der Waals surface area contributed by atoms with Crippen LogP contribution >= 0.6 is 23.2 Å². The van der Waals surface area contributed by atoms with Gasteiger partial charge in [0.25, 0.3) is 0 Å². The van der Waals surface area contributed by atoms with Crippen LogP contribution in [-0.2, 0) is 6.42 Å². The molecule has 0 bridgehead atoms. The molecular weight excluding hydrogens is 399 g/mol. The molecule has 3 aromatic rings. The fraction of sp³-hybridized carbons (Fsp3) is 0.0909. The summed E-state index contributed by atoms with van der Waals surface area (Å²) in [5.74, 6) is 0.254. The molecule has 0 saturated carbocycles. The Bertz CT molecular complexity index is 1020. The van der Waals surface area contributed by atoms with E-state index in [0.717, 1.165) is 0 Å². The van der Waals surface area contributed by atoms with Gasteiger partial charge in [-0.2, -0.15) is 0 Å². The molecule has 142 valence electrons. The number of methoxy groups -OCH3 is 1. The number of esters is 1. The highest BCUT2D eigenvalue weighted by atomic mass is 35.5. The average Bonchev–Trinajstić information content (AvgIpc) is 2.70. The molecule has 3 rings (SSSR count). The van der Waals surface area contributed by atoms with Crippen LogP contribution in [0.15, 0.2) is 66.7 Å². The quantitative estimate of drug-likeness (QED) is 0.297. The normalized spacial score (nSPS) is 10.4. The SMILES string of the molecule is COc1ccc(C(=O)Oc2ccccc2)cc1CC(=O)c1ccc(Cl)c(Cl)c1. The minimum Gasteiger partial charge on any atom is -0.496 e. The Labute approximate surface area is 172 Å². The Kier molecular flexibility index (Phi) is 6.34. The van der Waals surface area contributed by atoms with Crippen LogP contribution in [0.1, 0.15) is 26.3 Å². The molecule has 0 saturated heterocycles. The van der Waals surface area contributed by atoms with Crippen LogP contribution in [0.4, 0.5) is 0 Å². The Morgan fingerprint density at radius 1 is 0.857 bits per heavy atom. The van der Waals surface area contributed by atoms with Gasteiger partial charge in [-0.1, -0.05) is 41.4 Å². The van der Waals surface area contributed by atoms with Crippen molar-refractivity contribution in [2.75, 3.05) is 7.11 Å². The molecule has 0 aromatic heterocycles. The van der Waals surface area contributed by atoms with E-state index in [4.69, 9.17) is 32.7 Å². The molecule has 0 unspecified atom stereocenters. The second kappa shape index (κ2) is 8.91. The molecule has 0 fully saturated rings. The van der Waals surface area contributed by atoms with Crippen LogP contribution in [0.3, 0.4) is 0 Å². The number of hydrogen-bond donors (Lipinski definition) is 0. The minimum absolute atomic E-state index is 0.0353. The standard InChI is InChI=1S/C22H16Cl2O4/c1-27-21-10-8-15(22(26)28-17-5-3-2-4-6-17)11-16(21)13-20(25)14-7-9-18(23)19(24)12-14/h2-12H,13H2,1H3. The topological polar surface area (TPSA) is 52.6 Å². The zero-order valence-corrected chi connectivity index (χ0v) is 16.5. The molecule has 0 aliphatic heterocycles. The van der Waals surface area contributed by atoms with Gasteiger partial charge >= 0.3 is 5.97 Å². The number of para-hydroxylation sites is 1. The maximum atomic E-state index is 12.6. The van der Waals surface area contributed by atoms with E-state index in [0.29, 0.717) is 38.2 Å². The Hall–Kier alpha value is -2.82. The van der Waals surface area contributed by atoms with Crippen molar-refractivity contribution in [3.8, 4) is 11.5 Å². The zero-order valence-electron chi connectivity index (χ0n) is 14.9. The lowest BCUT2D eigenvalue weighted by molar-refractivity contribution is 0.0734. The van der Waals surface area contributed by atoms with Crippen molar-refractivity contribution in [2.45, 2.75) is 6.42 Å². The van der Waals surface area contributed by atoms with Crippen LogP contribution in [-0.4, -0.2) is 18.9 Å². The van der Waals surface area contributed by atoms with Gasteiger partial charge in [-0.05, 0) is 48.5 Å². The predicted molar refractivity (Wildman–Crippen MR) is 109 cm³/mol. The summed E-state index contributed by atoms with van der Waals surface area (Å²) in [6, 6.07) is 18.3. The van der Waals surface area contributed by atoms with Crippen molar-refractivity contribution in [1.82, 2.24) is 0 Å². The van der Waals surface area contributed by atoms with Crippen LogP contribution in [0.25, 0.3) is 0 Å². The van der Waals surface area contributed by atoms with E-state index in [9.17, 15) is 9.59 Å². The fourth-order valence-corrected chi connectivity index (χ4v) is 2.94. The molecule has 0 radical (unpaired) electrons. The summed E-state index contributed by atoms with van der Waals surface area (Å²) in [5, 5.41) is 0.682. The number of benzene rings is 3. The lowest BCUT2D eigenvalue weighted by Gasteiger charge is -2.11. The maximum absolute atomic E-state index is 12.6. The summed E-state index contributed by atoms with van der Waals surface area (Å²) in [6.45, 7) is 0. The number of ether oxygens (including phenoxy) is 2. The lowest BCUT2D eigenvalue weighted by Crippen LogP contribution is -2.11. The predicted octanol–water partition coefficient (Wildman–Crippen LogP) is 5.65. The molecule has 0 aliphatic carbocycles. The first-order valence-electron chi connectivity index (χ1n) is 8.40. The summed E-state index contributed by atoms with van der Waals surface area (Å²) < 4.78 is 10.7. The van der Waals surface area contributed by atoms with Crippen LogP contribution < -0.4 is 9.47 Å². The molecule has 6 heteroatoms. The molecule has 0 N–H and O–H groups in total. The van der Waals surface area contributed by atoms with Crippen molar-refractivity contribution in [1.29, 1.82) is 0 Å². The second-order valence-electron chi connectivity index (χ2n) is 5.96. The molecular formula is C22H16Cl2O4. The molecule has 0 spiro atoms. The molecule has 3 aromatic carbocycles. The highest BCUT2D eigenvalue weighted by Crippen LogP contribution is 2.26. The first kappa shape index (κ1) is 19.9. The van der Waals surface area contributed by atoms with Crippen molar-refractivity contribution in [3.05, 3.63) is 93.5 Å². The van der Waals surface area contributed by atoms with Crippen molar-refractivity contribution >= 4 is 35.0 Å². The van der Waals surface area contributed by atoms with Gasteiger partial charge in [-0.25, -0.2) is 4.79 Å². The third-order valence-electron chi connectivity index (χ3n) is 4.06. The maximum Gasteiger partial charge on any atom is 0.343 e. The van der Waals surface area contributed by atoms with Gasteiger partial charge in [0.05, 0.1) is 22.7 Å². The number of carbonyl (C=O) groups excluding carboxylic acids is 2. The van der Waals surface area contributed by atoms with E-state index in [1.165, 1.54) is 13.2 Å². The van der Waals surface area contributed by atoms with Crippen molar-refractivity contribution in [3.63, 3.8) is 0 Å². The summed E-state index contributed by atoms with van der Waals surface area (Å²) in [6.07, 6.45) is 0.0353. The molecule has 4 nitrogen and oxygen atoms in total. The Balaban J connectivity index is 1.83. The first-order chi connectivity index (χ1) is 13.5. The number of hydrogen-bond acceptors (Lipinski definition) is 4. The molecule has 0 atom stereocenters. The Morgan fingerprint density at radius 3 is 2.25 bits per heavy atom. The Morgan fingerprint density at radius 2 is 1.57 bits per heavy atom. The number of ketones is 1. The van der Waals surface area contributed by atoms with E-state index in [1.807, 2.05) is 6.07 Å². The van der Waals surface area contributed by atoms with Gasteiger partial charge in [0.1, 0.15) is 11.5 Å². The van der Waals surface area contributed by atoms with E-state index in [-0.39, 0.29) is 12.2 Å². The number of Topliss-reactive ketones (excluding diaryl/α,β-unsaturated/α-hetero) is 1. The molecule has 0 heterocycles. The van der Waals surface area contributed by atoms with Crippen LogP contribution in [0.5, 0.6) is 11.5 Å². The monoisotopic (exact) mass is 414 g/mol. The minimum atomic E-state index is -0.517. The van der Waals surface area contributed by atoms with Crippen molar-refractivity contribution in [2.24, 2.45) is 0 Å². The number of halogens is 2. The van der Waals surface area contributed by atoms with Crippen molar-refractivity contribution < 1.29 is 19.1 Å². The summed E-state index contributed by atoms with van der Waals surface area (Å²) in [5.41, 5.74) is 1.32. The van der Waals surface area contributed by atoms with Gasteiger partial charge in [0, 0.05) is 17.5 Å². The van der Waals surface area contributed by atoms with Gasteiger partial charge in [-0.15, -0.1) is 0 Å². The van der Waals surface area contributed by atoms with E-state index in [2.05, 4.69) is 0 Å². The number of rotatable bonds is 6. The van der Waals surface area contributed by atoms with E-state index in [1.54, 1.807) is 54.6 Å². The second-order valence-corrected chi connectivity index (χ2v) is 6.77. The van der Waals surface area contributed by atoms with Crippen LogP contribution in [0, 0.1) is 0 Å². The largest absolute Gasteiger partial charge is 0.496 e. The smallest absolute Gasteiger partial charge is 0.343 e. The van der Waals surface area contributed by atoms with Gasteiger partial charge in [-0.3, -0.25) is 4.79 Å². The third-order valence-corrected chi connectivity index (χ3v) is 4.80. The zero-order chi connectivity index (χ0) is 20.1. The highest BCUT2D eigenvalue weighted by Gasteiger charge is 2.16. The van der Waals surface area contributed by atoms with E-state index >= 15 is 0 Å². The summed E-state index contributed by atoms with van der Waals surface area (Å²) in [4.78, 5) is 25.1. The summed E-state index contributed by atoms with van der Waals surface area (Å²) >= 11 is 11.9. The average molecular weight is 415 g/mol. The van der Waals surface area contributed by atoms with Gasteiger partial charge in [0.15, 0.2) is 5.78 Å². The number of carbonyl (C=O) groups is 2. The first-order valence-corrected chi connectivity index (χ1v) is 9.16. The fourth-order valence-electron chi connectivity index (χ4n) is 2.64. The molecule has 0 amide bonds. The lowest BCUT2D eigenvalue weighted by atomic mass is 10.0. The van der Waals surface area contributed by atoms with Gasteiger partial charge < -0.3 is 9.47 Å². The molecule has 28 heavy (non-hydrogen) atoms.